The molecule has 366 valence electrons. The fraction of sp³-hybridized carbons (Fsp3) is 0. The van der Waals surface area contributed by atoms with Crippen molar-refractivity contribution in [3.05, 3.63) is 97.1 Å². The van der Waals surface area contributed by atoms with E-state index in [0.717, 1.165) is 55.0 Å². The van der Waals surface area contributed by atoms with Gasteiger partial charge in [0, 0.05) is 21.5 Å². The second kappa shape index (κ2) is 17.6. The molecular weight excluding hydrogens is 971 g/mol. The number of rotatable bonds is 4. The van der Waals surface area contributed by atoms with Gasteiger partial charge in [-0.15, -0.1) is 10.9 Å². The predicted molar refractivity (Wildman–Crippen MR) is 417 cm³/mol. The summed E-state index contributed by atoms with van der Waals surface area (Å²) in [5.41, 5.74) is 38.1. The third kappa shape index (κ3) is 6.45. The number of hydrogen-bond acceptors (Lipinski definition) is 2. The molecule has 2 heterocycles. The molecule has 82 heavy (non-hydrogen) atoms. The van der Waals surface area contributed by atoms with Crippen molar-refractivity contribution >= 4 is 348 Å². The van der Waals surface area contributed by atoms with E-state index in [-0.39, 0.29) is 0 Å². The van der Waals surface area contributed by atoms with E-state index < -0.39 is 0 Å². The predicted octanol–water partition coefficient (Wildman–Crippen LogP) is -13.4. The molecule has 0 spiro atoms. The molecule has 2 nitrogen and oxygen atoms in total. The minimum atomic E-state index is 0.890. The number of hydrogen-bond donors (Lipinski definition) is 0. The van der Waals surface area contributed by atoms with Crippen LogP contribution in [0, 0.1) is 0 Å². The minimum absolute atomic E-state index is 0.890. The van der Waals surface area contributed by atoms with Gasteiger partial charge in [0.2, 0.25) is 0 Å². The Labute approximate surface area is 495 Å². The summed E-state index contributed by atoms with van der Waals surface area (Å²) in [4.78, 5) is 0. The second-order valence-corrected chi connectivity index (χ2v) is 25.1. The maximum Gasteiger partial charge on any atom is 0.139 e. The topological polar surface area (TPSA) is 26.3 Å². The van der Waals surface area contributed by atoms with Crippen molar-refractivity contribution in [2.24, 2.45) is 0 Å². The summed E-state index contributed by atoms with van der Waals surface area (Å²) in [6, 6.07) is 36.1. The van der Waals surface area contributed by atoms with Gasteiger partial charge >= 0.3 is 0 Å². The Hall–Kier alpha value is -7.29. The molecule has 0 bridgehead atoms. The van der Waals surface area contributed by atoms with Crippen LogP contribution in [0.3, 0.4) is 0 Å². The van der Waals surface area contributed by atoms with Crippen molar-refractivity contribution in [3.63, 3.8) is 0 Å². The lowest BCUT2D eigenvalue weighted by Gasteiger charge is -2.31. The first-order valence-corrected chi connectivity index (χ1v) is 29.6. The summed E-state index contributed by atoms with van der Waals surface area (Å²) in [5, 5.41) is 21.3. The fourth-order valence-electron chi connectivity index (χ4n) is 16.4. The first-order valence-electron chi connectivity index (χ1n) is 29.6. The number of benzene rings is 13. The van der Waals surface area contributed by atoms with Crippen molar-refractivity contribution in [1.82, 2.24) is 0 Å². The van der Waals surface area contributed by atoms with E-state index in [1.165, 1.54) is 196 Å². The average Bonchev–Trinajstić information content (AvgIpc) is 4.28. The summed E-state index contributed by atoms with van der Waals surface area (Å²) < 4.78 is 13.2. The van der Waals surface area contributed by atoms with Crippen LogP contribution in [-0.2, 0) is 0 Å². The average molecular weight is 1020 g/mol. The van der Waals surface area contributed by atoms with Gasteiger partial charge in [-0.1, -0.05) is 136 Å². The van der Waals surface area contributed by atoms with Crippen LogP contribution in [0.4, 0.5) is 0 Å². The molecule has 0 amide bonds. The minimum Gasteiger partial charge on any atom is -0.456 e. The third-order valence-corrected chi connectivity index (χ3v) is 21.7. The molecule has 0 radical (unpaired) electrons. The van der Waals surface area contributed by atoms with E-state index in [1.807, 2.05) is 0 Å². The van der Waals surface area contributed by atoms with Crippen molar-refractivity contribution in [1.29, 1.82) is 0 Å². The highest BCUT2D eigenvalue weighted by atomic mass is 16.3. The largest absolute Gasteiger partial charge is 0.456 e. The molecular formula is C62H52B18O2. The Morgan fingerprint density at radius 1 is 0.195 bits per heavy atom. The molecule has 15 aromatic rings. The summed E-state index contributed by atoms with van der Waals surface area (Å²) >= 11 is 0. The van der Waals surface area contributed by atoms with Crippen LogP contribution in [0.25, 0.3) is 153 Å². The van der Waals surface area contributed by atoms with E-state index in [4.69, 9.17) is 8.83 Å². The third-order valence-electron chi connectivity index (χ3n) is 21.7. The van der Waals surface area contributed by atoms with Crippen LogP contribution in [0.15, 0.2) is 106 Å². The van der Waals surface area contributed by atoms with Gasteiger partial charge in [0.15, 0.2) is 0 Å². The Morgan fingerprint density at radius 2 is 0.500 bits per heavy atom. The number of fused-ring (bicyclic) bond motifs is 6. The van der Waals surface area contributed by atoms with Crippen LogP contribution in [0.2, 0.25) is 0 Å². The van der Waals surface area contributed by atoms with E-state index >= 15 is 0 Å². The molecule has 2 aromatic heterocycles. The zero-order valence-electron chi connectivity index (χ0n) is 51.1. The highest BCUT2D eigenvalue weighted by Crippen LogP contribution is 2.48. The monoisotopic (exact) mass is 1030 g/mol. The van der Waals surface area contributed by atoms with E-state index in [1.54, 1.807) is 0 Å². The van der Waals surface area contributed by atoms with Gasteiger partial charge in [0.1, 0.15) is 164 Å². The zero-order chi connectivity index (χ0) is 57.3. The lowest BCUT2D eigenvalue weighted by molar-refractivity contribution is 0.668. The van der Waals surface area contributed by atoms with E-state index in [0.29, 0.717) is 0 Å². The molecule has 0 aliphatic carbocycles. The number of furan rings is 2. The van der Waals surface area contributed by atoms with Crippen molar-refractivity contribution in [2.45, 2.75) is 0 Å². The number of para-hydroxylation sites is 2. The molecule has 0 saturated carbocycles. The highest BCUT2D eigenvalue weighted by molar-refractivity contribution is 6.77. The van der Waals surface area contributed by atoms with Crippen molar-refractivity contribution in [3.8, 4) is 44.5 Å². The molecule has 0 saturated heterocycles. The molecule has 0 fully saturated rings. The normalized spacial score (nSPS) is 12.3. The smallest absolute Gasteiger partial charge is 0.139 e. The van der Waals surface area contributed by atoms with E-state index in [2.05, 4.69) is 238 Å². The lowest BCUT2D eigenvalue weighted by atomic mass is 9.57. The first-order chi connectivity index (χ1) is 39.2. The Balaban J connectivity index is 1.21. The summed E-state index contributed by atoms with van der Waals surface area (Å²) in [6.07, 6.45) is 0. The van der Waals surface area contributed by atoms with Gasteiger partial charge in [0.05, 0.1) is 0 Å². The highest BCUT2D eigenvalue weighted by Gasteiger charge is 2.31. The van der Waals surface area contributed by atoms with Gasteiger partial charge in [-0.25, -0.2) is 0 Å². The Bertz CT molecular complexity index is 5460. The van der Waals surface area contributed by atoms with Crippen LogP contribution in [-0.4, -0.2) is 141 Å². The molecule has 13 aromatic carbocycles. The first kappa shape index (κ1) is 51.6. The molecule has 0 atom stereocenters. The van der Waals surface area contributed by atoms with E-state index in [9.17, 15) is 0 Å². The van der Waals surface area contributed by atoms with Crippen LogP contribution < -0.4 is 98.3 Å². The Kier molecular flexibility index (Phi) is 11.1. The second-order valence-electron chi connectivity index (χ2n) is 25.1. The maximum absolute atomic E-state index is 6.63. The standard InChI is InChI=1S/C62H52B18O2/c63-45-31(37-33-35-41(51(69)47(37)65)57(75)61(79)59(77)43(35)55(73)53(71)39(33)49(45)67)19-15-22(17-9-11-28-23(13-17)20-5-1-3-7-26(20)81-28)30(18-10-12-29-24(14-18)21-6-2-4-8-27(21)82-29)25(16-19)32-38-34-36-42(52(70)48(38)66)58(76)62(80)60(78)44(36)56(74)54(72)40(34)50(68)46(32)64/h1-16H,63-80H2. The molecule has 0 aliphatic rings. The van der Waals surface area contributed by atoms with Gasteiger partial charge in [-0.2, -0.15) is 0 Å². The van der Waals surface area contributed by atoms with Crippen LogP contribution in [0.1, 0.15) is 0 Å². The quantitative estimate of drug-likeness (QED) is 0.130. The van der Waals surface area contributed by atoms with Crippen LogP contribution in [0.5, 0.6) is 0 Å². The van der Waals surface area contributed by atoms with Gasteiger partial charge in [-0.3, -0.25) is 0 Å². The van der Waals surface area contributed by atoms with Crippen molar-refractivity contribution < 1.29 is 8.83 Å². The molecule has 15 rings (SSSR count). The fourth-order valence-corrected chi connectivity index (χ4v) is 16.4. The van der Waals surface area contributed by atoms with Gasteiger partial charge in [-0.05, 0) is 158 Å². The summed E-state index contributed by atoms with van der Waals surface area (Å²) in [7, 11) is 42.9. The summed E-state index contributed by atoms with van der Waals surface area (Å²) in [5.74, 6) is 0. The van der Waals surface area contributed by atoms with Gasteiger partial charge in [0.25, 0.3) is 0 Å². The molecule has 20 heteroatoms. The SMILES string of the molecule is Bc1c(B)c2c(B)c(B)c3c(B)c(B)c(-c4cc(-c5ccc6oc7ccccc7c6c5)c(-c5ccc6oc7ccccc7c6c5)c(-c5c(B)c(B)c6c(B)c(B)c7c(B)c(B)c(B)c8c(B)c(B)c5c6c78)c4)c4c(B)c(B)c(c1B)c2c34. The Morgan fingerprint density at radius 3 is 0.939 bits per heavy atom. The molecule has 0 N–H and O–H groups in total. The van der Waals surface area contributed by atoms with Crippen molar-refractivity contribution in [2.75, 3.05) is 0 Å². The zero-order valence-corrected chi connectivity index (χ0v) is 51.1. The lowest BCUT2D eigenvalue weighted by Crippen LogP contribution is -2.48. The molecule has 0 unspecified atom stereocenters. The maximum atomic E-state index is 6.63. The molecule has 0 aliphatic heterocycles. The summed E-state index contributed by atoms with van der Waals surface area (Å²) in [6.45, 7) is 0. The van der Waals surface area contributed by atoms with Crippen LogP contribution >= 0.6 is 0 Å². The van der Waals surface area contributed by atoms with Gasteiger partial charge < -0.3 is 8.83 Å².